The van der Waals surface area contributed by atoms with Gasteiger partial charge in [-0.2, -0.15) is 13.5 Å². The van der Waals surface area contributed by atoms with E-state index in [0.717, 1.165) is 9.80 Å². The number of piperidine rings is 1. The van der Waals surface area contributed by atoms with Crippen LogP contribution in [0.2, 0.25) is 0 Å². The van der Waals surface area contributed by atoms with Gasteiger partial charge in [-0.1, -0.05) is 0 Å². The summed E-state index contributed by atoms with van der Waals surface area (Å²) in [6.45, 7) is 0.0694. The molecule has 3 aliphatic rings. The quantitative estimate of drug-likeness (QED) is 0.295. The lowest BCUT2D eigenvalue weighted by Gasteiger charge is -2.36. The third-order valence-corrected chi connectivity index (χ3v) is 4.98. The van der Waals surface area contributed by atoms with Gasteiger partial charge in [0.25, 0.3) is 5.91 Å². The van der Waals surface area contributed by atoms with Gasteiger partial charge < -0.3 is 14.9 Å². The topological polar surface area (TPSA) is 186 Å². The van der Waals surface area contributed by atoms with Crippen molar-refractivity contribution in [3.8, 4) is 0 Å². The van der Waals surface area contributed by atoms with E-state index in [9.17, 15) is 27.6 Å². The lowest BCUT2D eigenvalue weighted by Crippen LogP contribution is -2.60. The number of hydroxylamine groups is 2. The summed E-state index contributed by atoms with van der Waals surface area (Å²) in [6, 6.07) is -2.48. The molecule has 5 amide bonds. The van der Waals surface area contributed by atoms with E-state index < -0.39 is 52.3 Å². The summed E-state index contributed by atoms with van der Waals surface area (Å²) < 4.78 is 34.7. The van der Waals surface area contributed by atoms with Crippen molar-refractivity contribution in [1.29, 1.82) is 0 Å². The third kappa shape index (κ3) is 3.88. The molecule has 27 heavy (non-hydrogen) atoms. The number of hydrazine groups is 1. The third-order valence-electron chi connectivity index (χ3n) is 4.63. The summed E-state index contributed by atoms with van der Waals surface area (Å²) >= 11 is 0. The molecule has 14 nitrogen and oxygen atoms in total. The zero-order chi connectivity index (χ0) is 19.9. The van der Waals surface area contributed by atoms with E-state index in [4.69, 9.17) is 9.66 Å². The van der Waals surface area contributed by atoms with Gasteiger partial charge in [0.1, 0.15) is 6.04 Å². The molecule has 0 saturated carbocycles. The Balaban J connectivity index is 1.52. The van der Waals surface area contributed by atoms with E-state index in [1.165, 1.54) is 0 Å². The Morgan fingerprint density at radius 3 is 2.30 bits per heavy atom. The predicted molar refractivity (Wildman–Crippen MR) is 82.8 cm³/mol. The molecule has 3 saturated heterocycles. The van der Waals surface area contributed by atoms with Crippen molar-refractivity contribution in [3.05, 3.63) is 0 Å². The van der Waals surface area contributed by atoms with Crippen LogP contribution >= 0.6 is 0 Å². The van der Waals surface area contributed by atoms with Crippen LogP contribution in [0.3, 0.4) is 0 Å². The summed E-state index contributed by atoms with van der Waals surface area (Å²) in [5.74, 6) is -1.82. The molecule has 3 rings (SSSR count). The van der Waals surface area contributed by atoms with E-state index in [1.54, 1.807) is 0 Å². The van der Waals surface area contributed by atoms with Gasteiger partial charge in [-0.3, -0.25) is 25.0 Å². The van der Waals surface area contributed by atoms with Gasteiger partial charge in [-0.15, -0.1) is 4.28 Å². The normalized spacial score (nSPS) is 25.2. The lowest BCUT2D eigenvalue weighted by molar-refractivity contribution is -0.136. The number of carboxylic acid groups (broad SMARTS) is 1. The number of carbonyl (C=O) groups excluding carboxylic acids is 3. The van der Waals surface area contributed by atoms with E-state index >= 15 is 0 Å². The maximum absolute atomic E-state index is 12.3. The second kappa shape index (κ2) is 6.82. The fourth-order valence-corrected chi connectivity index (χ4v) is 3.60. The first kappa shape index (κ1) is 19.1. The molecule has 150 valence electrons. The molecular formula is C12H17N5O9S. The Bertz CT molecular complexity index is 780. The van der Waals surface area contributed by atoms with Gasteiger partial charge in [0.05, 0.1) is 12.0 Å². The van der Waals surface area contributed by atoms with E-state index in [-0.39, 0.29) is 32.5 Å². The fourth-order valence-electron chi connectivity index (χ4n) is 3.21. The summed E-state index contributed by atoms with van der Waals surface area (Å²) in [6.07, 6.45) is -0.691. The van der Waals surface area contributed by atoms with Crippen LogP contribution in [0.15, 0.2) is 0 Å². The van der Waals surface area contributed by atoms with Crippen LogP contribution in [0, 0.1) is 5.92 Å². The van der Waals surface area contributed by atoms with Crippen LogP contribution in [0.5, 0.6) is 0 Å². The van der Waals surface area contributed by atoms with Crippen molar-refractivity contribution in [2.45, 2.75) is 24.9 Å². The van der Waals surface area contributed by atoms with Crippen molar-refractivity contribution in [3.63, 3.8) is 0 Å². The zero-order valence-corrected chi connectivity index (χ0v) is 14.6. The number of nitrogens with one attached hydrogen (secondary N) is 2. The Morgan fingerprint density at radius 2 is 1.70 bits per heavy atom. The highest BCUT2D eigenvalue weighted by Crippen LogP contribution is 2.30. The number of likely N-dealkylation sites (tertiary alicyclic amines) is 1. The summed E-state index contributed by atoms with van der Waals surface area (Å²) in [5, 5.41) is 9.23. The minimum Gasteiger partial charge on any atom is -0.465 e. The van der Waals surface area contributed by atoms with E-state index in [2.05, 4.69) is 15.1 Å². The molecule has 0 aromatic heterocycles. The summed E-state index contributed by atoms with van der Waals surface area (Å²) in [4.78, 5) is 49.1. The number of hydrogen-bond acceptors (Lipinski definition) is 7. The van der Waals surface area contributed by atoms with Crippen LogP contribution in [-0.4, -0.2) is 88.6 Å². The molecule has 3 aliphatic heterocycles. The van der Waals surface area contributed by atoms with Gasteiger partial charge in [0.2, 0.25) is 5.91 Å². The average molecular weight is 407 g/mol. The van der Waals surface area contributed by atoms with E-state index in [1.807, 2.05) is 0 Å². The maximum atomic E-state index is 12.3. The number of nitrogens with zero attached hydrogens (tertiary/aromatic N) is 3. The van der Waals surface area contributed by atoms with Crippen molar-refractivity contribution in [1.82, 2.24) is 25.7 Å². The predicted octanol–water partition coefficient (Wildman–Crippen LogP) is -2.25. The zero-order valence-electron chi connectivity index (χ0n) is 13.8. The second-order valence-electron chi connectivity index (χ2n) is 6.37. The van der Waals surface area contributed by atoms with Crippen LogP contribution in [0.4, 0.5) is 9.59 Å². The van der Waals surface area contributed by atoms with Gasteiger partial charge in [-0.25, -0.2) is 9.59 Å². The maximum Gasteiger partial charge on any atom is 0.418 e. The lowest BCUT2D eigenvalue weighted by atomic mass is 10.00. The fraction of sp³-hybridized carbons (Fsp3) is 0.667. The van der Waals surface area contributed by atoms with Crippen molar-refractivity contribution in [2.75, 3.05) is 19.6 Å². The Labute approximate surface area is 152 Å². The van der Waals surface area contributed by atoms with Gasteiger partial charge in [0.15, 0.2) is 0 Å². The molecule has 0 aromatic rings. The highest BCUT2D eigenvalue weighted by atomic mass is 32.3. The number of carbonyl (C=O) groups is 4. The van der Waals surface area contributed by atoms with Crippen LogP contribution < -0.4 is 10.9 Å². The molecule has 0 radical (unpaired) electrons. The molecule has 0 unspecified atom stereocenters. The standard InChI is InChI=1S/C12H17N5O9S/c18-9(6-3-15(4-6)12(21)22)13-14-10(19)8-2-1-7-5-16(8)11(20)17(7)26-27(23,24)25/h6-8H,1-5H2,(H,13,18)(H,14,19)(H,21,22)(H,23,24,25)/t7-,8+/m0/s1. The summed E-state index contributed by atoms with van der Waals surface area (Å²) in [7, 11) is -4.88. The molecule has 0 aliphatic carbocycles. The van der Waals surface area contributed by atoms with Crippen molar-refractivity contribution in [2.24, 2.45) is 5.92 Å². The van der Waals surface area contributed by atoms with Gasteiger partial charge in [-0.05, 0) is 12.8 Å². The number of urea groups is 1. The molecule has 2 bridgehead atoms. The Hall–Kier alpha value is -2.65. The molecule has 4 N–H and O–H groups in total. The second-order valence-corrected chi connectivity index (χ2v) is 7.38. The first-order chi connectivity index (χ1) is 12.6. The Kier molecular flexibility index (Phi) is 4.83. The SMILES string of the molecule is O=C(NNC(=O)[C@H]1CC[C@H]2CN1C(=O)N2OS(=O)(=O)O)C1CN(C(=O)O)C1. The largest absolute Gasteiger partial charge is 0.465 e. The minimum atomic E-state index is -4.88. The molecule has 15 heteroatoms. The van der Waals surface area contributed by atoms with Gasteiger partial charge in [0, 0.05) is 19.6 Å². The highest BCUT2D eigenvalue weighted by molar-refractivity contribution is 7.80. The van der Waals surface area contributed by atoms with E-state index in [0.29, 0.717) is 5.06 Å². The minimum absolute atomic E-state index is 0.0225. The van der Waals surface area contributed by atoms with Crippen LogP contribution in [0.25, 0.3) is 0 Å². The first-order valence-corrected chi connectivity index (χ1v) is 9.27. The van der Waals surface area contributed by atoms with Crippen LogP contribution in [0.1, 0.15) is 12.8 Å². The first-order valence-electron chi connectivity index (χ1n) is 7.91. The highest BCUT2D eigenvalue weighted by Gasteiger charge is 2.49. The number of fused-ring (bicyclic) bond motifs is 2. The molecule has 2 atom stereocenters. The smallest absolute Gasteiger partial charge is 0.418 e. The van der Waals surface area contributed by atoms with Crippen molar-refractivity contribution < 1.29 is 41.5 Å². The summed E-state index contributed by atoms with van der Waals surface area (Å²) in [5.41, 5.74) is 4.37. The number of rotatable bonds is 4. The molecule has 3 fully saturated rings. The number of amides is 5. The van der Waals surface area contributed by atoms with Gasteiger partial charge >= 0.3 is 22.5 Å². The molecular weight excluding hydrogens is 390 g/mol. The molecule has 0 spiro atoms. The van der Waals surface area contributed by atoms with Crippen molar-refractivity contribution >= 4 is 34.3 Å². The Morgan fingerprint density at radius 1 is 1.07 bits per heavy atom. The number of hydrogen-bond donors (Lipinski definition) is 4. The van der Waals surface area contributed by atoms with Crippen LogP contribution in [-0.2, 0) is 24.3 Å². The monoisotopic (exact) mass is 407 g/mol. The molecule has 0 aromatic carbocycles. The molecule has 3 heterocycles. The average Bonchev–Trinajstić information content (AvgIpc) is 2.74.